The van der Waals surface area contributed by atoms with Gasteiger partial charge < -0.3 is 15.2 Å². The summed E-state index contributed by atoms with van der Waals surface area (Å²) in [6.07, 6.45) is -0.786. The van der Waals surface area contributed by atoms with Gasteiger partial charge in [0.15, 0.2) is 11.6 Å². The van der Waals surface area contributed by atoms with E-state index in [2.05, 4.69) is 20.7 Å². The van der Waals surface area contributed by atoms with Gasteiger partial charge in [0.05, 0.1) is 13.0 Å². The van der Waals surface area contributed by atoms with Gasteiger partial charge in [-0.05, 0) is 34.4 Å². The Hall–Kier alpha value is -3.02. The zero-order valence-corrected chi connectivity index (χ0v) is 19.4. The first-order valence-electron chi connectivity index (χ1n) is 9.71. The van der Waals surface area contributed by atoms with Crippen molar-refractivity contribution in [2.75, 3.05) is 6.61 Å². The molecule has 0 bridgehead atoms. The summed E-state index contributed by atoms with van der Waals surface area (Å²) in [4.78, 5) is 37.9. The largest absolute Gasteiger partial charge is 0.481 e. The van der Waals surface area contributed by atoms with Crippen LogP contribution in [-0.2, 0) is 33.7 Å². The third kappa shape index (κ3) is 7.52. The van der Waals surface area contributed by atoms with Crippen LogP contribution in [0.25, 0.3) is 0 Å². The maximum Gasteiger partial charge on any atom is 0.407 e. The molecule has 1 atom stereocenters. The van der Waals surface area contributed by atoms with Crippen LogP contribution in [0.2, 0.25) is 10.0 Å². The molecule has 1 amide bonds. The number of hydrogen-bond donors (Lipinski definition) is 2. The summed E-state index contributed by atoms with van der Waals surface area (Å²) in [6.45, 7) is -0.296. The molecule has 2 N–H and O–H groups in total. The van der Waals surface area contributed by atoms with Crippen LogP contribution in [0, 0.1) is 0 Å². The number of carboxylic acids is 1. The number of halogens is 2. The molecule has 0 aliphatic rings. The average Bonchev–Trinajstić information content (AvgIpc) is 3.42. The molecule has 3 rings (SSSR count). The molecular weight excluding hydrogens is 493 g/mol. The zero-order valence-electron chi connectivity index (χ0n) is 17.1. The summed E-state index contributed by atoms with van der Waals surface area (Å²) < 4.78 is 5.06. The minimum atomic E-state index is -1.32. The molecule has 0 aliphatic carbocycles. The molecule has 0 radical (unpaired) electrons. The number of carboxylic acid groups (broad SMARTS) is 1. The van der Waals surface area contributed by atoms with Gasteiger partial charge in [-0.1, -0.05) is 35.3 Å². The molecule has 1 aromatic carbocycles. The van der Waals surface area contributed by atoms with Crippen LogP contribution in [0.1, 0.15) is 22.7 Å². The van der Waals surface area contributed by atoms with E-state index in [1.54, 1.807) is 18.2 Å². The number of amides is 1. The maximum absolute atomic E-state index is 12.6. The number of carbonyl (C=O) groups is 3. The monoisotopic (exact) mass is 511 g/mol. The molecule has 0 saturated carbocycles. The number of alkyl carbamates (subject to hydrolysis) is 1. The fraction of sp³-hybridized carbons (Fsp3) is 0.300. The molecule has 174 valence electrons. The fourth-order valence-electron chi connectivity index (χ4n) is 2.83. The minimum absolute atomic E-state index is 0.0962. The molecule has 1 unspecified atom stereocenters. The van der Waals surface area contributed by atoms with E-state index < -0.39 is 36.9 Å². The predicted octanol–water partition coefficient (Wildman–Crippen LogP) is 3.01. The van der Waals surface area contributed by atoms with Crippen molar-refractivity contribution < 1.29 is 24.2 Å². The third-order valence-corrected chi connectivity index (χ3v) is 6.05. The Morgan fingerprint density at radius 3 is 2.61 bits per heavy atom. The van der Waals surface area contributed by atoms with E-state index in [0.717, 1.165) is 9.67 Å². The highest BCUT2D eigenvalue weighted by Gasteiger charge is 2.25. The highest BCUT2D eigenvalue weighted by Crippen LogP contribution is 2.25. The predicted molar refractivity (Wildman–Crippen MR) is 121 cm³/mol. The summed E-state index contributed by atoms with van der Waals surface area (Å²) in [5, 5.41) is 26.0. The Bertz CT molecular complexity index is 1100. The van der Waals surface area contributed by atoms with Gasteiger partial charge in [0.2, 0.25) is 0 Å². The first-order valence-corrected chi connectivity index (χ1v) is 11.3. The lowest BCUT2D eigenvalue weighted by Gasteiger charge is -2.15. The van der Waals surface area contributed by atoms with Crippen LogP contribution in [0.5, 0.6) is 0 Å². The number of nitrogens with one attached hydrogen (secondary N) is 1. The molecular formula is C20H19Cl2N5O5S. The van der Waals surface area contributed by atoms with E-state index in [4.69, 9.17) is 33.0 Å². The Kier molecular flexibility index (Phi) is 8.75. The molecule has 13 heteroatoms. The Morgan fingerprint density at radius 1 is 1.18 bits per heavy atom. The number of ether oxygens (including phenoxy) is 1. The van der Waals surface area contributed by atoms with E-state index in [1.165, 1.54) is 11.3 Å². The fourth-order valence-corrected chi connectivity index (χ4v) is 4.05. The number of nitrogens with zero attached hydrogens (tertiary/aromatic N) is 4. The molecule has 2 heterocycles. The van der Waals surface area contributed by atoms with Gasteiger partial charge >= 0.3 is 12.1 Å². The molecule has 3 aromatic rings. The summed E-state index contributed by atoms with van der Waals surface area (Å²) in [7, 11) is 0. The van der Waals surface area contributed by atoms with Crippen LogP contribution < -0.4 is 5.32 Å². The number of hydrogen-bond acceptors (Lipinski definition) is 8. The Balaban J connectivity index is 1.57. The number of rotatable bonds is 11. The number of aromatic nitrogens is 4. The second-order valence-corrected chi connectivity index (χ2v) is 8.69. The molecule has 10 nitrogen and oxygen atoms in total. The number of aliphatic carboxylic acids is 1. The number of benzene rings is 1. The first kappa shape index (κ1) is 24.6. The summed E-state index contributed by atoms with van der Waals surface area (Å²) in [5.74, 6) is -1.60. The number of carbonyl (C=O) groups excluding carboxylic acids is 2. The van der Waals surface area contributed by atoms with Crippen molar-refractivity contribution in [3.63, 3.8) is 0 Å². The SMILES string of the molecule is O=C(O)CC(NC(=O)OCCc1cccs1)C(=O)Cn1nnc(Cc2c(Cl)cccc2Cl)n1. The van der Waals surface area contributed by atoms with Crippen molar-refractivity contribution in [1.82, 2.24) is 25.5 Å². The van der Waals surface area contributed by atoms with Crippen LogP contribution in [0.3, 0.4) is 0 Å². The Morgan fingerprint density at radius 2 is 1.94 bits per heavy atom. The van der Waals surface area contributed by atoms with Gasteiger partial charge in [-0.15, -0.1) is 21.5 Å². The molecule has 2 aromatic heterocycles. The lowest BCUT2D eigenvalue weighted by molar-refractivity contribution is -0.139. The summed E-state index contributed by atoms with van der Waals surface area (Å²) in [6, 6.07) is 7.54. The second-order valence-electron chi connectivity index (χ2n) is 6.84. The van der Waals surface area contributed by atoms with Crippen LogP contribution in [-0.4, -0.2) is 55.8 Å². The van der Waals surface area contributed by atoms with Crippen molar-refractivity contribution in [3.05, 3.63) is 62.0 Å². The van der Waals surface area contributed by atoms with Gasteiger partial charge in [-0.25, -0.2) is 4.79 Å². The van der Waals surface area contributed by atoms with Gasteiger partial charge in [-0.2, -0.15) is 4.80 Å². The van der Waals surface area contributed by atoms with Gasteiger partial charge in [-0.3, -0.25) is 9.59 Å². The quantitative estimate of drug-likeness (QED) is 0.400. The zero-order chi connectivity index (χ0) is 23.8. The van der Waals surface area contributed by atoms with Crippen molar-refractivity contribution in [2.45, 2.75) is 31.8 Å². The van der Waals surface area contributed by atoms with E-state index >= 15 is 0 Å². The molecule has 0 saturated heterocycles. The normalized spacial score (nSPS) is 11.7. The van der Waals surface area contributed by atoms with Crippen LogP contribution in [0.4, 0.5) is 4.79 Å². The van der Waals surface area contributed by atoms with E-state index in [9.17, 15) is 14.4 Å². The minimum Gasteiger partial charge on any atom is -0.481 e. The van der Waals surface area contributed by atoms with Crippen LogP contribution in [0.15, 0.2) is 35.7 Å². The van der Waals surface area contributed by atoms with Crippen molar-refractivity contribution >= 4 is 52.4 Å². The van der Waals surface area contributed by atoms with E-state index in [-0.39, 0.29) is 18.9 Å². The lowest BCUT2D eigenvalue weighted by atomic mass is 10.1. The standard InChI is InChI=1S/C20H19Cl2N5O5S/c21-14-4-1-5-15(22)13(14)9-18-24-26-27(25-18)11-17(28)16(10-19(29)30)23-20(31)32-7-6-12-3-2-8-33-12/h1-5,8,16H,6-7,9-11H2,(H,23,31)(H,29,30). The highest BCUT2D eigenvalue weighted by atomic mass is 35.5. The number of thiophene rings is 1. The molecule has 0 aliphatic heterocycles. The Labute approximate surface area is 202 Å². The number of Topliss-reactive ketones (excluding diaryl/α,β-unsaturated/α-hetero) is 1. The van der Waals surface area contributed by atoms with Crippen molar-refractivity contribution in [1.29, 1.82) is 0 Å². The second kappa shape index (κ2) is 11.7. The van der Waals surface area contributed by atoms with Gasteiger partial charge in [0, 0.05) is 27.8 Å². The van der Waals surface area contributed by atoms with Gasteiger partial charge in [0.1, 0.15) is 12.6 Å². The average molecular weight is 512 g/mol. The molecule has 33 heavy (non-hydrogen) atoms. The summed E-state index contributed by atoms with van der Waals surface area (Å²) >= 11 is 13.8. The number of tetrazole rings is 1. The van der Waals surface area contributed by atoms with Crippen molar-refractivity contribution in [3.8, 4) is 0 Å². The third-order valence-electron chi connectivity index (χ3n) is 4.41. The molecule has 0 spiro atoms. The van der Waals surface area contributed by atoms with Crippen molar-refractivity contribution in [2.24, 2.45) is 0 Å². The smallest absolute Gasteiger partial charge is 0.407 e. The molecule has 0 fully saturated rings. The first-order chi connectivity index (χ1) is 15.8. The maximum atomic E-state index is 12.6. The van der Waals surface area contributed by atoms with Crippen LogP contribution >= 0.6 is 34.5 Å². The highest BCUT2D eigenvalue weighted by molar-refractivity contribution is 7.09. The van der Waals surface area contributed by atoms with E-state index in [0.29, 0.717) is 22.0 Å². The topological polar surface area (TPSA) is 136 Å². The lowest BCUT2D eigenvalue weighted by Crippen LogP contribution is -2.44. The van der Waals surface area contributed by atoms with Gasteiger partial charge in [0.25, 0.3) is 0 Å². The number of ketones is 1. The van der Waals surface area contributed by atoms with E-state index in [1.807, 2.05) is 17.5 Å². The summed E-state index contributed by atoms with van der Waals surface area (Å²) in [5.41, 5.74) is 0.613.